The molecule has 0 aromatic carbocycles. The van der Waals surface area contributed by atoms with E-state index in [4.69, 9.17) is 5.11 Å². The first kappa shape index (κ1) is 9.98. The molecule has 0 aliphatic heterocycles. The molecule has 1 N–H and O–H groups in total. The van der Waals surface area contributed by atoms with Crippen LogP contribution in [0.15, 0.2) is 5.03 Å². The van der Waals surface area contributed by atoms with Crippen LogP contribution in [0.3, 0.4) is 0 Å². The molecule has 1 aromatic heterocycles. The maximum Gasteiger partial charge on any atom is 0.340 e. The number of thioether (sulfide) groups is 1. The number of nitrogens with zero attached hydrogens (tertiary/aromatic N) is 2. The molecule has 1 heterocycles. The maximum absolute atomic E-state index is 10.8. The first-order valence-electron chi connectivity index (χ1n) is 3.68. The Hall–Kier alpha value is -1.10. The van der Waals surface area contributed by atoms with E-state index < -0.39 is 5.97 Å². The third kappa shape index (κ3) is 1.98. The Morgan fingerprint density at radius 2 is 2.00 bits per heavy atom. The van der Waals surface area contributed by atoms with Gasteiger partial charge in [0.15, 0.2) is 0 Å². The van der Waals surface area contributed by atoms with Crippen LogP contribution in [0.5, 0.6) is 0 Å². The maximum atomic E-state index is 10.8. The Kier molecular flexibility index (Phi) is 2.87. The predicted octanol–water partition coefficient (Wildman–Crippen LogP) is 1.51. The van der Waals surface area contributed by atoms with Gasteiger partial charge in [-0.15, -0.1) is 11.8 Å². The van der Waals surface area contributed by atoms with Gasteiger partial charge in [-0.2, -0.15) is 0 Å². The summed E-state index contributed by atoms with van der Waals surface area (Å²) in [6.45, 7) is 3.43. The van der Waals surface area contributed by atoms with Crippen LogP contribution >= 0.6 is 11.8 Å². The van der Waals surface area contributed by atoms with Crippen molar-refractivity contribution in [3.63, 3.8) is 0 Å². The highest BCUT2D eigenvalue weighted by atomic mass is 32.2. The van der Waals surface area contributed by atoms with Crippen molar-refractivity contribution in [3.05, 3.63) is 17.1 Å². The number of hydrogen-bond acceptors (Lipinski definition) is 4. The molecule has 13 heavy (non-hydrogen) atoms. The van der Waals surface area contributed by atoms with Crippen LogP contribution in [-0.2, 0) is 0 Å². The van der Waals surface area contributed by atoms with Crippen LogP contribution in [0.1, 0.15) is 21.9 Å². The van der Waals surface area contributed by atoms with Gasteiger partial charge in [0.05, 0.1) is 5.69 Å². The second-order valence-corrected chi connectivity index (χ2v) is 3.34. The fraction of sp³-hybridized carbons (Fsp3) is 0.375. The molecule has 0 spiro atoms. The van der Waals surface area contributed by atoms with Gasteiger partial charge < -0.3 is 5.11 Å². The van der Waals surface area contributed by atoms with Gasteiger partial charge in [0.2, 0.25) is 0 Å². The lowest BCUT2D eigenvalue weighted by molar-refractivity contribution is 0.0690. The van der Waals surface area contributed by atoms with E-state index in [1.165, 1.54) is 11.8 Å². The molecule has 0 unspecified atom stereocenters. The Morgan fingerprint density at radius 1 is 1.38 bits per heavy atom. The topological polar surface area (TPSA) is 63.1 Å². The lowest BCUT2D eigenvalue weighted by atomic mass is 10.2. The first-order valence-corrected chi connectivity index (χ1v) is 4.91. The van der Waals surface area contributed by atoms with Crippen LogP contribution in [-0.4, -0.2) is 27.3 Å². The largest absolute Gasteiger partial charge is 0.478 e. The molecule has 5 heteroatoms. The molecule has 1 rings (SSSR count). The molecule has 0 atom stereocenters. The third-order valence-electron chi connectivity index (χ3n) is 1.58. The van der Waals surface area contributed by atoms with Crippen molar-refractivity contribution in [1.29, 1.82) is 0 Å². The SMILES string of the molecule is CSc1nc(C)nc(C)c1C(=O)O. The summed E-state index contributed by atoms with van der Waals surface area (Å²) in [5.74, 6) is -0.367. The fourth-order valence-electron chi connectivity index (χ4n) is 1.08. The number of aromatic carboxylic acids is 1. The van der Waals surface area contributed by atoms with Gasteiger partial charge in [0, 0.05) is 0 Å². The van der Waals surface area contributed by atoms with Crippen LogP contribution < -0.4 is 0 Å². The summed E-state index contributed by atoms with van der Waals surface area (Å²) < 4.78 is 0. The smallest absolute Gasteiger partial charge is 0.340 e. The fourth-order valence-corrected chi connectivity index (χ4v) is 1.74. The van der Waals surface area contributed by atoms with Crippen molar-refractivity contribution < 1.29 is 9.90 Å². The summed E-state index contributed by atoms with van der Waals surface area (Å²) in [6, 6.07) is 0. The van der Waals surface area contributed by atoms with Gasteiger partial charge >= 0.3 is 5.97 Å². The van der Waals surface area contributed by atoms with Crippen molar-refractivity contribution in [2.24, 2.45) is 0 Å². The van der Waals surface area contributed by atoms with Gasteiger partial charge in [-0.25, -0.2) is 14.8 Å². The molecule has 0 radical (unpaired) electrons. The highest BCUT2D eigenvalue weighted by molar-refractivity contribution is 7.98. The van der Waals surface area contributed by atoms with Gasteiger partial charge in [-0.1, -0.05) is 0 Å². The molecule has 0 aliphatic carbocycles. The average Bonchev–Trinajstić information content (AvgIpc) is 2.01. The van der Waals surface area contributed by atoms with E-state index >= 15 is 0 Å². The van der Waals surface area contributed by atoms with Gasteiger partial charge in [0.1, 0.15) is 16.4 Å². The summed E-state index contributed by atoms with van der Waals surface area (Å²) in [6.07, 6.45) is 1.80. The Morgan fingerprint density at radius 3 is 2.46 bits per heavy atom. The van der Waals surface area contributed by atoms with E-state index in [2.05, 4.69) is 9.97 Å². The molecule has 0 saturated heterocycles. The quantitative estimate of drug-likeness (QED) is 0.576. The molecule has 0 bridgehead atoms. The Bertz CT molecular complexity index is 352. The number of aryl methyl sites for hydroxylation is 2. The molecular weight excluding hydrogens is 188 g/mol. The number of aromatic nitrogens is 2. The van der Waals surface area contributed by atoms with E-state index in [0.717, 1.165) is 0 Å². The van der Waals surface area contributed by atoms with Crippen LogP contribution in [0.4, 0.5) is 0 Å². The van der Waals surface area contributed by atoms with Gasteiger partial charge in [-0.05, 0) is 20.1 Å². The first-order chi connectivity index (χ1) is 6.06. The normalized spacial score (nSPS) is 10.1. The Balaban J connectivity index is 3.38. The van der Waals surface area contributed by atoms with E-state index in [9.17, 15) is 4.79 Å². The van der Waals surface area contributed by atoms with Crippen molar-refractivity contribution in [3.8, 4) is 0 Å². The number of hydrogen-bond donors (Lipinski definition) is 1. The second-order valence-electron chi connectivity index (χ2n) is 2.55. The van der Waals surface area contributed by atoms with Crippen molar-refractivity contribution in [1.82, 2.24) is 9.97 Å². The number of rotatable bonds is 2. The zero-order chi connectivity index (χ0) is 10.0. The zero-order valence-corrected chi connectivity index (χ0v) is 8.47. The second kappa shape index (κ2) is 3.74. The van der Waals surface area contributed by atoms with E-state index in [0.29, 0.717) is 16.5 Å². The molecule has 0 aliphatic rings. The van der Waals surface area contributed by atoms with Crippen molar-refractivity contribution in [2.45, 2.75) is 18.9 Å². The number of carboxylic acid groups (broad SMARTS) is 1. The molecule has 0 fully saturated rings. The molecule has 4 nitrogen and oxygen atoms in total. The minimum atomic E-state index is -0.971. The monoisotopic (exact) mass is 198 g/mol. The molecule has 0 saturated carbocycles. The van der Waals surface area contributed by atoms with Crippen molar-refractivity contribution in [2.75, 3.05) is 6.26 Å². The summed E-state index contributed by atoms with van der Waals surface area (Å²) in [5.41, 5.74) is 0.724. The van der Waals surface area contributed by atoms with E-state index in [1.807, 2.05) is 0 Å². The van der Waals surface area contributed by atoms with E-state index in [-0.39, 0.29) is 5.56 Å². The summed E-state index contributed by atoms with van der Waals surface area (Å²) in [4.78, 5) is 18.9. The predicted molar refractivity (Wildman–Crippen MR) is 50.2 cm³/mol. The molecule has 1 aromatic rings. The average molecular weight is 198 g/mol. The van der Waals surface area contributed by atoms with Crippen molar-refractivity contribution >= 4 is 17.7 Å². The summed E-state index contributed by atoms with van der Waals surface area (Å²) in [7, 11) is 0. The molecular formula is C8H10N2O2S. The summed E-state index contributed by atoms with van der Waals surface area (Å²) in [5, 5.41) is 9.40. The van der Waals surface area contributed by atoms with Crippen LogP contribution in [0.2, 0.25) is 0 Å². The zero-order valence-electron chi connectivity index (χ0n) is 7.66. The van der Waals surface area contributed by atoms with Crippen LogP contribution in [0, 0.1) is 13.8 Å². The lowest BCUT2D eigenvalue weighted by Gasteiger charge is -2.05. The van der Waals surface area contributed by atoms with Gasteiger partial charge in [0.25, 0.3) is 0 Å². The van der Waals surface area contributed by atoms with Crippen LogP contribution in [0.25, 0.3) is 0 Å². The molecule has 0 amide bonds. The van der Waals surface area contributed by atoms with E-state index in [1.54, 1.807) is 20.1 Å². The highest BCUT2D eigenvalue weighted by Gasteiger charge is 2.15. The number of carbonyl (C=O) groups is 1. The number of carboxylic acids is 1. The minimum Gasteiger partial charge on any atom is -0.478 e. The molecule has 70 valence electrons. The Labute approximate surface area is 80.4 Å². The third-order valence-corrected chi connectivity index (χ3v) is 2.26. The minimum absolute atomic E-state index is 0.207. The standard InChI is InChI=1S/C8H10N2O2S/c1-4-6(8(11)12)7(13-3)10-5(2)9-4/h1-3H3,(H,11,12). The van der Waals surface area contributed by atoms with Gasteiger partial charge in [-0.3, -0.25) is 0 Å². The lowest BCUT2D eigenvalue weighted by Crippen LogP contribution is -2.07. The highest BCUT2D eigenvalue weighted by Crippen LogP contribution is 2.19. The summed E-state index contributed by atoms with van der Waals surface area (Å²) >= 11 is 1.32.